The number of nitrogens with two attached hydrogens (primary N) is 1. The highest BCUT2D eigenvalue weighted by molar-refractivity contribution is 7.93. The third-order valence-corrected chi connectivity index (χ3v) is 4.07. The molecule has 0 heterocycles. The van der Waals surface area contributed by atoms with E-state index in [1.165, 1.54) is 19.1 Å². The third-order valence-electron chi connectivity index (χ3n) is 2.29. The molecule has 4 nitrogen and oxygen atoms in total. The number of rotatable bonds is 4. The SMILES string of the molecule is Cc1ccc(NS(=O)(=O)C(C)CN)cc1F. The summed E-state index contributed by atoms with van der Waals surface area (Å²) >= 11 is 0. The van der Waals surface area contributed by atoms with E-state index in [1.807, 2.05) is 0 Å². The Morgan fingerprint density at radius 3 is 2.62 bits per heavy atom. The van der Waals surface area contributed by atoms with Crippen LogP contribution in [0.25, 0.3) is 0 Å². The van der Waals surface area contributed by atoms with E-state index in [0.29, 0.717) is 5.56 Å². The zero-order valence-corrected chi connectivity index (χ0v) is 10.0. The van der Waals surface area contributed by atoms with E-state index in [9.17, 15) is 12.8 Å². The molecule has 0 aliphatic heterocycles. The third kappa shape index (κ3) is 2.93. The number of hydrogen-bond acceptors (Lipinski definition) is 3. The lowest BCUT2D eigenvalue weighted by Gasteiger charge is -2.13. The van der Waals surface area contributed by atoms with Crippen LogP contribution < -0.4 is 10.5 Å². The zero-order valence-electron chi connectivity index (χ0n) is 9.20. The highest BCUT2D eigenvalue weighted by Crippen LogP contribution is 2.16. The lowest BCUT2D eigenvalue weighted by Crippen LogP contribution is -2.31. The van der Waals surface area contributed by atoms with Crippen molar-refractivity contribution in [1.29, 1.82) is 0 Å². The van der Waals surface area contributed by atoms with Crippen LogP contribution in [0.4, 0.5) is 10.1 Å². The molecule has 16 heavy (non-hydrogen) atoms. The van der Waals surface area contributed by atoms with Gasteiger partial charge in [-0.3, -0.25) is 4.72 Å². The van der Waals surface area contributed by atoms with Crippen molar-refractivity contribution >= 4 is 15.7 Å². The van der Waals surface area contributed by atoms with Crippen molar-refractivity contribution in [1.82, 2.24) is 0 Å². The van der Waals surface area contributed by atoms with Gasteiger partial charge >= 0.3 is 0 Å². The Bertz CT molecular complexity index is 474. The lowest BCUT2D eigenvalue weighted by atomic mass is 10.2. The first kappa shape index (κ1) is 12.9. The summed E-state index contributed by atoms with van der Waals surface area (Å²) in [6, 6.07) is 4.18. The molecule has 6 heteroatoms. The highest BCUT2D eigenvalue weighted by atomic mass is 32.2. The van der Waals surface area contributed by atoms with Crippen LogP contribution in [-0.4, -0.2) is 20.2 Å². The van der Waals surface area contributed by atoms with E-state index in [4.69, 9.17) is 5.73 Å². The summed E-state index contributed by atoms with van der Waals surface area (Å²) < 4.78 is 38.7. The number of sulfonamides is 1. The zero-order chi connectivity index (χ0) is 12.3. The molecule has 1 aromatic carbocycles. The Labute approximate surface area is 94.7 Å². The van der Waals surface area contributed by atoms with Gasteiger partial charge in [0, 0.05) is 6.54 Å². The van der Waals surface area contributed by atoms with Gasteiger partial charge in [-0.25, -0.2) is 12.8 Å². The van der Waals surface area contributed by atoms with Crippen molar-refractivity contribution in [2.45, 2.75) is 19.1 Å². The molecule has 0 bridgehead atoms. The van der Waals surface area contributed by atoms with Gasteiger partial charge < -0.3 is 5.73 Å². The molecule has 0 amide bonds. The predicted octanol–water partition coefficient (Wildman–Crippen LogP) is 1.22. The molecular weight excluding hydrogens is 231 g/mol. The molecule has 1 aromatic rings. The number of halogens is 1. The van der Waals surface area contributed by atoms with E-state index in [-0.39, 0.29) is 12.2 Å². The van der Waals surface area contributed by atoms with E-state index in [1.54, 1.807) is 6.92 Å². The summed E-state index contributed by atoms with van der Waals surface area (Å²) in [5.41, 5.74) is 5.95. The second-order valence-corrected chi connectivity index (χ2v) is 5.76. The van der Waals surface area contributed by atoms with Crippen LogP contribution in [0.15, 0.2) is 18.2 Å². The van der Waals surface area contributed by atoms with Gasteiger partial charge in [0.05, 0.1) is 10.9 Å². The van der Waals surface area contributed by atoms with Crippen LogP contribution in [0, 0.1) is 12.7 Å². The Morgan fingerprint density at radius 1 is 1.50 bits per heavy atom. The van der Waals surface area contributed by atoms with Crippen LogP contribution in [0.5, 0.6) is 0 Å². The van der Waals surface area contributed by atoms with Gasteiger partial charge in [0.25, 0.3) is 0 Å². The van der Waals surface area contributed by atoms with E-state index < -0.39 is 21.1 Å². The van der Waals surface area contributed by atoms with Gasteiger partial charge in [-0.2, -0.15) is 0 Å². The first-order chi connectivity index (χ1) is 7.36. The lowest BCUT2D eigenvalue weighted by molar-refractivity contribution is 0.589. The van der Waals surface area contributed by atoms with Crippen molar-refractivity contribution in [2.75, 3.05) is 11.3 Å². The minimum atomic E-state index is -3.53. The Kier molecular flexibility index (Phi) is 3.88. The molecule has 1 rings (SSSR count). The minimum Gasteiger partial charge on any atom is -0.329 e. The molecule has 0 saturated carbocycles. The van der Waals surface area contributed by atoms with E-state index in [0.717, 1.165) is 6.07 Å². The Balaban J connectivity index is 2.93. The maximum atomic E-state index is 13.2. The van der Waals surface area contributed by atoms with Gasteiger partial charge in [-0.1, -0.05) is 6.07 Å². The topological polar surface area (TPSA) is 72.2 Å². The normalized spacial score (nSPS) is 13.5. The van der Waals surface area contributed by atoms with Crippen LogP contribution in [0.2, 0.25) is 0 Å². The van der Waals surface area contributed by atoms with Crippen molar-refractivity contribution in [3.8, 4) is 0 Å². The number of benzene rings is 1. The van der Waals surface area contributed by atoms with Crippen LogP contribution in [0.3, 0.4) is 0 Å². The average molecular weight is 246 g/mol. The quantitative estimate of drug-likeness (QED) is 0.839. The highest BCUT2D eigenvalue weighted by Gasteiger charge is 2.19. The first-order valence-corrected chi connectivity index (χ1v) is 6.39. The molecule has 0 aromatic heterocycles. The smallest absolute Gasteiger partial charge is 0.236 e. The van der Waals surface area contributed by atoms with Gasteiger partial charge in [0.1, 0.15) is 5.82 Å². The molecular formula is C10H15FN2O2S. The van der Waals surface area contributed by atoms with Gasteiger partial charge in [-0.05, 0) is 31.5 Å². The van der Waals surface area contributed by atoms with E-state index >= 15 is 0 Å². The summed E-state index contributed by atoms with van der Waals surface area (Å²) in [7, 11) is -3.53. The summed E-state index contributed by atoms with van der Waals surface area (Å²) in [5, 5.41) is -0.711. The van der Waals surface area contributed by atoms with Gasteiger partial charge in [0.2, 0.25) is 10.0 Å². The second kappa shape index (κ2) is 4.80. The van der Waals surface area contributed by atoms with Crippen LogP contribution >= 0.6 is 0 Å². The first-order valence-electron chi connectivity index (χ1n) is 4.84. The Morgan fingerprint density at radius 2 is 2.12 bits per heavy atom. The Hall–Kier alpha value is -1.14. The molecule has 1 atom stereocenters. The van der Waals surface area contributed by atoms with Crippen molar-refractivity contribution in [2.24, 2.45) is 5.73 Å². The maximum Gasteiger partial charge on any atom is 0.236 e. The molecule has 1 unspecified atom stereocenters. The fraction of sp³-hybridized carbons (Fsp3) is 0.400. The second-order valence-electron chi connectivity index (χ2n) is 3.66. The van der Waals surface area contributed by atoms with Crippen LogP contribution in [-0.2, 0) is 10.0 Å². The molecule has 0 saturated heterocycles. The van der Waals surface area contributed by atoms with Gasteiger partial charge in [-0.15, -0.1) is 0 Å². The maximum absolute atomic E-state index is 13.2. The largest absolute Gasteiger partial charge is 0.329 e. The summed E-state index contributed by atoms with van der Waals surface area (Å²) in [6.45, 7) is 3.12. The van der Waals surface area contributed by atoms with Crippen molar-refractivity contribution in [3.63, 3.8) is 0 Å². The summed E-state index contributed by atoms with van der Waals surface area (Å²) in [5.74, 6) is -0.444. The number of aryl methyl sites for hydroxylation is 1. The number of anilines is 1. The molecule has 0 aliphatic rings. The fourth-order valence-corrected chi connectivity index (χ4v) is 1.96. The summed E-state index contributed by atoms with van der Waals surface area (Å²) in [6.07, 6.45) is 0. The van der Waals surface area contributed by atoms with Crippen molar-refractivity contribution in [3.05, 3.63) is 29.6 Å². The number of hydrogen-bond donors (Lipinski definition) is 2. The van der Waals surface area contributed by atoms with E-state index in [2.05, 4.69) is 4.72 Å². The van der Waals surface area contributed by atoms with Gasteiger partial charge in [0.15, 0.2) is 0 Å². The molecule has 0 aliphatic carbocycles. The molecule has 0 spiro atoms. The average Bonchev–Trinajstić information content (AvgIpc) is 2.22. The minimum absolute atomic E-state index is 0.0175. The standard InChI is InChI=1S/C10H15FN2O2S/c1-7-3-4-9(5-10(7)11)13-16(14,15)8(2)6-12/h3-5,8,13H,6,12H2,1-2H3. The molecule has 90 valence electrons. The molecule has 0 fully saturated rings. The monoisotopic (exact) mass is 246 g/mol. The van der Waals surface area contributed by atoms with Crippen LogP contribution in [0.1, 0.15) is 12.5 Å². The predicted molar refractivity (Wildman–Crippen MR) is 62.2 cm³/mol. The summed E-state index contributed by atoms with van der Waals surface area (Å²) in [4.78, 5) is 0. The van der Waals surface area contributed by atoms with Crippen molar-refractivity contribution < 1.29 is 12.8 Å². The molecule has 0 radical (unpaired) electrons. The molecule has 3 N–H and O–H groups in total. The number of nitrogens with one attached hydrogen (secondary N) is 1. The fourth-order valence-electron chi connectivity index (χ4n) is 1.05.